The molecule has 0 spiro atoms. The van der Waals surface area contributed by atoms with Crippen molar-refractivity contribution < 1.29 is 14.3 Å². The molecule has 182 valence electrons. The van der Waals surface area contributed by atoms with E-state index in [1.807, 2.05) is 58.5 Å². The lowest BCUT2D eigenvalue weighted by Crippen LogP contribution is -2.40. The zero-order valence-electron chi connectivity index (χ0n) is 20.5. The monoisotopic (exact) mass is 489 g/mol. The van der Waals surface area contributed by atoms with Gasteiger partial charge in [0, 0.05) is 36.1 Å². The van der Waals surface area contributed by atoms with E-state index < -0.39 is 0 Å². The van der Waals surface area contributed by atoms with E-state index >= 15 is 0 Å². The fourth-order valence-corrected chi connectivity index (χ4v) is 5.95. The van der Waals surface area contributed by atoms with Gasteiger partial charge in [0.25, 0.3) is 11.8 Å². The highest BCUT2D eigenvalue weighted by molar-refractivity contribution is 7.10. The molecule has 3 heterocycles. The van der Waals surface area contributed by atoms with Crippen molar-refractivity contribution in [3.8, 4) is 5.75 Å². The van der Waals surface area contributed by atoms with E-state index in [-0.39, 0.29) is 30.4 Å². The van der Waals surface area contributed by atoms with Crippen LogP contribution < -0.4 is 9.64 Å². The molecule has 1 saturated heterocycles. The number of ether oxygens (including phenoxy) is 1. The number of likely N-dealkylation sites (tertiary alicyclic amines) is 1. The number of hydrogen-bond donors (Lipinski definition) is 0. The number of carbonyl (C=O) groups excluding carboxylic acids is 2. The third-order valence-corrected chi connectivity index (χ3v) is 8.21. The maximum atomic E-state index is 13.3. The van der Waals surface area contributed by atoms with Crippen molar-refractivity contribution in [2.75, 3.05) is 24.6 Å². The number of fused-ring (bicyclic) bond motifs is 1. The first-order valence-electron chi connectivity index (χ1n) is 12.3. The highest BCUT2D eigenvalue weighted by atomic mass is 32.1. The van der Waals surface area contributed by atoms with Gasteiger partial charge in [0.05, 0.1) is 5.01 Å². The van der Waals surface area contributed by atoms with Crippen molar-refractivity contribution in [1.82, 2.24) is 9.88 Å². The highest BCUT2D eigenvalue weighted by Crippen LogP contribution is 2.35. The Labute approximate surface area is 210 Å². The van der Waals surface area contributed by atoms with E-state index in [2.05, 4.69) is 19.9 Å². The molecule has 0 saturated carbocycles. The molecule has 2 aliphatic heterocycles. The van der Waals surface area contributed by atoms with Gasteiger partial charge in [0.15, 0.2) is 6.61 Å². The van der Waals surface area contributed by atoms with Crippen LogP contribution >= 0.6 is 11.3 Å². The van der Waals surface area contributed by atoms with Crippen molar-refractivity contribution in [2.45, 2.75) is 52.0 Å². The molecule has 0 N–H and O–H groups in total. The number of rotatable bonds is 5. The Morgan fingerprint density at radius 3 is 2.63 bits per heavy atom. The van der Waals surface area contributed by atoms with Gasteiger partial charge in [0.1, 0.15) is 11.4 Å². The molecule has 0 bridgehead atoms. The number of piperidine rings is 1. The smallest absolute Gasteiger partial charge is 0.278 e. The van der Waals surface area contributed by atoms with Crippen molar-refractivity contribution >= 4 is 28.8 Å². The Morgan fingerprint density at radius 2 is 1.86 bits per heavy atom. The normalized spacial score (nSPS) is 18.0. The molecule has 2 aromatic carbocycles. The summed E-state index contributed by atoms with van der Waals surface area (Å²) in [5.41, 5.74) is 5.09. The summed E-state index contributed by atoms with van der Waals surface area (Å²) in [5.74, 6) is 0.986. The van der Waals surface area contributed by atoms with Crippen LogP contribution in [0.15, 0.2) is 47.8 Å². The largest absolute Gasteiger partial charge is 0.484 e. The van der Waals surface area contributed by atoms with Gasteiger partial charge in [-0.1, -0.05) is 24.3 Å². The number of benzene rings is 2. The second-order valence-electron chi connectivity index (χ2n) is 9.62. The van der Waals surface area contributed by atoms with Gasteiger partial charge in [-0.15, -0.1) is 11.3 Å². The summed E-state index contributed by atoms with van der Waals surface area (Å²) in [6.45, 7) is 7.59. The van der Waals surface area contributed by atoms with E-state index in [4.69, 9.17) is 9.72 Å². The summed E-state index contributed by atoms with van der Waals surface area (Å²) in [7, 11) is 0. The van der Waals surface area contributed by atoms with Gasteiger partial charge in [-0.3, -0.25) is 9.59 Å². The lowest BCUT2D eigenvalue weighted by molar-refractivity contribution is -0.134. The standard InChI is InChI=1S/C28H31N3O3S/c1-18-8-9-23(14-19(18)2)34-16-26(32)30-12-10-21(11-13-30)27-29-24(17-35-27)28(33)31-20(3)15-22-6-4-5-7-25(22)31/h4-9,14,17,20-21H,10-13,15-16H2,1-3H3. The Morgan fingerprint density at radius 1 is 1.09 bits per heavy atom. The maximum Gasteiger partial charge on any atom is 0.278 e. The van der Waals surface area contributed by atoms with Crippen LogP contribution in [0, 0.1) is 13.8 Å². The molecular weight excluding hydrogens is 458 g/mol. The van der Waals surface area contributed by atoms with Gasteiger partial charge in [-0.05, 0) is 74.9 Å². The second kappa shape index (κ2) is 9.82. The van der Waals surface area contributed by atoms with E-state index in [0.717, 1.165) is 41.3 Å². The Balaban J connectivity index is 1.16. The van der Waals surface area contributed by atoms with Crippen LogP contribution in [0.25, 0.3) is 0 Å². The topological polar surface area (TPSA) is 62.7 Å². The summed E-state index contributed by atoms with van der Waals surface area (Å²) < 4.78 is 5.74. The first-order valence-corrected chi connectivity index (χ1v) is 13.1. The number of para-hydroxylation sites is 1. The molecule has 1 atom stereocenters. The third kappa shape index (κ3) is 4.82. The average molecular weight is 490 g/mol. The van der Waals surface area contributed by atoms with Crippen LogP contribution in [0.3, 0.4) is 0 Å². The zero-order chi connectivity index (χ0) is 24.5. The summed E-state index contributed by atoms with van der Waals surface area (Å²) in [4.78, 5) is 34.5. The number of aromatic nitrogens is 1. The number of aryl methyl sites for hydroxylation is 2. The maximum absolute atomic E-state index is 13.3. The molecule has 1 aromatic heterocycles. The van der Waals surface area contributed by atoms with Gasteiger partial charge in [0.2, 0.25) is 0 Å². The molecular formula is C28H31N3O3S. The van der Waals surface area contributed by atoms with Crippen LogP contribution in [0.5, 0.6) is 5.75 Å². The number of amides is 2. The predicted octanol–water partition coefficient (Wildman–Crippen LogP) is 5.14. The quantitative estimate of drug-likeness (QED) is 0.498. The molecule has 5 rings (SSSR count). The minimum absolute atomic E-state index is 0.0124. The van der Waals surface area contributed by atoms with Crippen LogP contribution in [0.1, 0.15) is 57.9 Å². The van der Waals surface area contributed by atoms with Crippen LogP contribution in [-0.4, -0.2) is 47.4 Å². The van der Waals surface area contributed by atoms with Gasteiger partial charge in [-0.2, -0.15) is 0 Å². The number of carbonyl (C=O) groups is 2. The lowest BCUT2D eigenvalue weighted by Gasteiger charge is -2.31. The minimum Gasteiger partial charge on any atom is -0.484 e. The first-order chi connectivity index (χ1) is 16.9. The molecule has 0 aliphatic carbocycles. The van der Waals surface area contributed by atoms with Crippen LogP contribution in [0.4, 0.5) is 5.69 Å². The fraction of sp³-hybridized carbons (Fsp3) is 0.393. The third-order valence-electron chi connectivity index (χ3n) is 7.20. The zero-order valence-corrected chi connectivity index (χ0v) is 21.3. The van der Waals surface area contributed by atoms with E-state index in [1.165, 1.54) is 11.1 Å². The number of anilines is 1. The van der Waals surface area contributed by atoms with E-state index in [1.54, 1.807) is 11.3 Å². The Hall–Kier alpha value is -3.19. The molecule has 35 heavy (non-hydrogen) atoms. The summed E-state index contributed by atoms with van der Waals surface area (Å²) in [6, 6.07) is 14.1. The highest BCUT2D eigenvalue weighted by Gasteiger charge is 2.33. The van der Waals surface area contributed by atoms with Crippen molar-refractivity contribution in [3.63, 3.8) is 0 Å². The number of thiazole rings is 1. The second-order valence-corrected chi connectivity index (χ2v) is 10.5. The molecule has 7 heteroatoms. The summed E-state index contributed by atoms with van der Waals surface area (Å²) in [6.07, 6.45) is 2.57. The molecule has 1 unspecified atom stereocenters. The lowest BCUT2D eigenvalue weighted by atomic mass is 9.97. The molecule has 2 aliphatic rings. The Kier molecular flexibility index (Phi) is 6.60. The van der Waals surface area contributed by atoms with Crippen LogP contribution in [-0.2, 0) is 11.2 Å². The van der Waals surface area contributed by atoms with Gasteiger partial charge in [-0.25, -0.2) is 4.98 Å². The van der Waals surface area contributed by atoms with Gasteiger partial charge < -0.3 is 14.5 Å². The molecule has 0 radical (unpaired) electrons. The SMILES string of the molecule is Cc1ccc(OCC(=O)N2CCC(c3nc(C(=O)N4c5ccccc5CC4C)cs3)CC2)cc1C. The molecule has 1 fully saturated rings. The van der Waals surface area contributed by atoms with Crippen molar-refractivity contribution in [1.29, 1.82) is 0 Å². The van der Waals surface area contributed by atoms with E-state index in [0.29, 0.717) is 18.8 Å². The Bertz CT molecular complexity index is 1250. The van der Waals surface area contributed by atoms with Crippen LogP contribution in [0.2, 0.25) is 0 Å². The summed E-state index contributed by atoms with van der Waals surface area (Å²) >= 11 is 1.56. The van der Waals surface area contributed by atoms with E-state index in [9.17, 15) is 9.59 Å². The predicted molar refractivity (Wildman–Crippen MR) is 138 cm³/mol. The minimum atomic E-state index is -0.0268. The molecule has 3 aromatic rings. The van der Waals surface area contributed by atoms with Crippen molar-refractivity contribution in [2.24, 2.45) is 0 Å². The number of nitrogens with zero attached hydrogens (tertiary/aromatic N) is 3. The average Bonchev–Trinajstić information content (AvgIpc) is 3.49. The summed E-state index contributed by atoms with van der Waals surface area (Å²) in [5, 5.41) is 2.88. The molecule has 6 nitrogen and oxygen atoms in total. The van der Waals surface area contributed by atoms with Gasteiger partial charge >= 0.3 is 0 Å². The fourth-order valence-electron chi connectivity index (χ4n) is 4.99. The molecule has 2 amide bonds. The first kappa shape index (κ1) is 23.5. The number of hydrogen-bond acceptors (Lipinski definition) is 5. The van der Waals surface area contributed by atoms with Crippen molar-refractivity contribution in [3.05, 3.63) is 75.2 Å².